The van der Waals surface area contributed by atoms with E-state index in [0.717, 1.165) is 51.3 Å². The summed E-state index contributed by atoms with van der Waals surface area (Å²) in [5, 5.41) is 9.44. The Labute approximate surface area is 138 Å². The molecule has 0 aliphatic carbocycles. The predicted molar refractivity (Wildman–Crippen MR) is 91.5 cm³/mol. The van der Waals surface area contributed by atoms with E-state index in [1.54, 1.807) is 0 Å². The number of hydrogen-bond acceptors (Lipinski definition) is 4. The minimum atomic E-state index is 0.0200. The lowest BCUT2D eigenvalue weighted by molar-refractivity contribution is -0.122. The fourth-order valence-corrected chi connectivity index (χ4v) is 3.78. The number of amides is 1. The van der Waals surface area contributed by atoms with Gasteiger partial charge in [0.05, 0.1) is 12.6 Å². The van der Waals surface area contributed by atoms with Crippen LogP contribution in [-0.4, -0.2) is 72.2 Å². The Morgan fingerprint density at radius 1 is 1.13 bits per heavy atom. The summed E-state index contributed by atoms with van der Waals surface area (Å²) in [7, 11) is 0. The molecule has 1 amide bonds. The Morgan fingerprint density at radius 2 is 1.83 bits per heavy atom. The largest absolute Gasteiger partial charge is 0.395 e. The van der Waals surface area contributed by atoms with Crippen molar-refractivity contribution < 1.29 is 9.90 Å². The van der Waals surface area contributed by atoms with Crippen molar-refractivity contribution in [2.75, 3.05) is 44.2 Å². The Bertz CT molecular complexity index is 510. The molecular weight excluding hydrogens is 290 g/mol. The van der Waals surface area contributed by atoms with Gasteiger partial charge in [-0.15, -0.1) is 0 Å². The topological polar surface area (TPSA) is 47.0 Å². The summed E-state index contributed by atoms with van der Waals surface area (Å²) in [5.74, 6) is 0.235. The second-order valence-electron chi connectivity index (χ2n) is 6.45. The quantitative estimate of drug-likeness (QED) is 0.886. The summed E-state index contributed by atoms with van der Waals surface area (Å²) in [4.78, 5) is 19.4. The molecule has 0 bridgehead atoms. The normalized spacial score (nSPS) is 25.0. The van der Waals surface area contributed by atoms with Crippen molar-refractivity contribution in [3.63, 3.8) is 0 Å². The fourth-order valence-electron chi connectivity index (χ4n) is 3.78. The van der Waals surface area contributed by atoms with Crippen molar-refractivity contribution in [2.45, 2.75) is 31.8 Å². The lowest BCUT2D eigenvalue weighted by atomic mass is 10.1. The Kier molecular flexibility index (Phi) is 5.30. The van der Waals surface area contributed by atoms with Crippen LogP contribution in [-0.2, 0) is 4.79 Å². The van der Waals surface area contributed by atoms with Gasteiger partial charge in [-0.25, -0.2) is 0 Å². The van der Waals surface area contributed by atoms with E-state index in [2.05, 4.69) is 16.7 Å². The highest BCUT2D eigenvalue weighted by Crippen LogP contribution is 2.25. The number of hydrogen-bond donors (Lipinski definition) is 1. The monoisotopic (exact) mass is 317 g/mol. The number of carbonyl (C=O) groups is 1. The molecule has 0 radical (unpaired) electrons. The number of anilines is 1. The van der Waals surface area contributed by atoms with Gasteiger partial charge in [0.2, 0.25) is 5.91 Å². The number of piperazine rings is 1. The van der Waals surface area contributed by atoms with Gasteiger partial charge in [-0.3, -0.25) is 14.6 Å². The Hall–Kier alpha value is -1.43. The number of para-hydroxylation sites is 1. The molecule has 3 rings (SSSR count). The molecule has 126 valence electrons. The van der Waals surface area contributed by atoms with Crippen LogP contribution in [0.15, 0.2) is 30.3 Å². The summed E-state index contributed by atoms with van der Waals surface area (Å²) >= 11 is 0. The number of benzene rings is 1. The smallest absolute Gasteiger partial charge is 0.244 e. The maximum absolute atomic E-state index is 12.8. The lowest BCUT2D eigenvalue weighted by Gasteiger charge is -2.40. The van der Waals surface area contributed by atoms with Crippen molar-refractivity contribution >= 4 is 11.6 Å². The lowest BCUT2D eigenvalue weighted by Crippen LogP contribution is -2.55. The van der Waals surface area contributed by atoms with E-state index >= 15 is 0 Å². The molecular formula is C18H27N3O2. The zero-order valence-electron chi connectivity index (χ0n) is 13.9. The zero-order valence-corrected chi connectivity index (χ0v) is 13.9. The van der Waals surface area contributed by atoms with Crippen molar-refractivity contribution in [1.82, 2.24) is 9.80 Å². The first-order chi connectivity index (χ1) is 11.2. The van der Waals surface area contributed by atoms with Crippen LogP contribution < -0.4 is 4.90 Å². The van der Waals surface area contributed by atoms with Crippen molar-refractivity contribution in [3.05, 3.63) is 30.3 Å². The van der Waals surface area contributed by atoms with Gasteiger partial charge in [-0.05, 0) is 25.0 Å². The van der Waals surface area contributed by atoms with Crippen LogP contribution in [0.2, 0.25) is 0 Å². The standard InChI is InChI=1S/C18H27N3O2/c1-2-15(14-22)19-10-12-20(13-11-19)17-8-9-21(18(17)23)16-6-4-3-5-7-16/h3-7,15,17,22H,2,8-14H2,1H3. The summed E-state index contributed by atoms with van der Waals surface area (Å²) in [6, 6.07) is 10.2. The predicted octanol–water partition coefficient (Wildman–Crippen LogP) is 1.18. The van der Waals surface area contributed by atoms with E-state index in [-0.39, 0.29) is 24.6 Å². The highest BCUT2D eigenvalue weighted by molar-refractivity contribution is 5.99. The summed E-state index contributed by atoms with van der Waals surface area (Å²) in [6.45, 7) is 6.85. The van der Waals surface area contributed by atoms with Gasteiger partial charge < -0.3 is 10.0 Å². The molecule has 0 saturated carbocycles. The molecule has 1 aromatic carbocycles. The fraction of sp³-hybridized carbons (Fsp3) is 0.611. The molecule has 2 saturated heterocycles. The second kappa shape index (κ2) is 7.43. The minimum Gasteiger partial charge on any atom is -0.395 e. The first kappa shape index (κ1) is 16.4. The number of rotatable bonds is 5. The molecule has 2 heterocycles. The van der Waals surface area contributed by atoms with E-state index in [1.807, 2.05) is 35.2 Å². The zero-order chi connectivity index (χ0) is 16.2. The highest BCUT2D eigenvalue weighted by Gasteiger charge is 2.38. The number of carbonyl (C=O) groups excluding carboxylic acids is 1. The number of aliphatic hydroxyl groups is 1. The summed E-state index contributed by atoms with van der Waals surface area (Å²) in [5.41, 5.74) is 1.00. The minimum absolute atomic E-state index is 0.0200. The van der Waals surface area contributed by atoms with Gasteiger partial charge in [0.1, 0.15) is 0 Å². The maximum Gasteiger partial charge on any atom is 0.244 e. The molecule has 1 N–H and O–H groups in total. The molecule has 5 nitrogen and oxygen atoms in total. The molecule has 2 atom stereocenters. The van der Waals surface area contributed by atoms with E-state index in [4.69, 9.17) is 0 Å². The highest BCUT2D eigenvalue weighted by atomic mass is 16.3. The number of nitrogens with zero attached hydrogens (tertiary/aromatic N) is 3. The van der Waals surface area contributed by atoms with Crippen LogP contribution >= 0.6 is 0 Å². The van der Waals surface area contributed by atoms with Crippen LogP contribution in [0.1, 0.15) is 19.8 Å². The molecule has 2 aliphatic heterocycles. The first-order valence-electron chi connectivity index (χ1n) is 8.70. The third kappa shape index (κ3) is 3.42. The third-order valence-corrected chi connectivity index (χ3v) is 5.23. The molecule has 2 unspecified atom stereocenters. The van der Waals surface area contributed by atoms with Crippen LogP contribution in [0.5, 0.6) is 0 Å². The SMILES string of the molecule is CCC(CO)N1CCN(C2CCN(c3ccccc3)C2=O)CC1. The summed E-state index contributed by atoms with van der Waals surface area (Å²) < 4.78 is 0. The van der Waals surface area contributed by atoms with Gasteiger partial charge in [0, 0.05) is 44.5 Å². The molecule has 5 heteroatoms. The Morgan fingerprint density at radius 3 is 2.43 bits per heavy atom. The molecule has 23 heavy (non-hydrogen) atoms. The van der Waals surface area contributed by atoms with E-state index in [0.29, 0.717) is 0 Å². The van der Waals surface area contributed by atoms with Crippen molar-refractivity contribution in [3.8, 4) is 0 Å². The van der Waals surface area contributed by atoms with Crippen LogP contribution in [0.4, 0.5) is 5.69 Å². The van der Waals surface area contributed by atoms with Crippen LogP contribution in [0.25, 0.3) is 0 Å². The van der Waals surface area contributed by atoms with Crippen LogP contribution in [0, 0.1) is 0 Å². The van der Waals surface area contributed by atoms with Gasteiger partial charge in [0.15, 0.2) is 0 Å². The number of aliphatic hydroxyl groups excluding tert-OH is 1. The molecule has 2 fully saturated rings. The third-order valence-electron chi connectivity index (χ3n) is 5.23. The van der Waals surface area contributed by atoms with Crippen molar-refractivity contribution in [1.29, 1.82) is 0 Å². The van der Waals surface area contributed by atoms with Gasteiger partial charge >= 0.3 is 0 Å². The molecule has 2 aliphatic rings. The van der Waals surface area contributed by atoms with E-state index in [9.17, 15) is 9.90 Å². The van der Waals surface area contributed by atoms with Gasteiger partial charge in [-0.2, -0.15) is 0 Å². The van der Waals surface area contributed by atoms with Crippen molar-refractivity contribution in [2.24, 2.45) is 0 Å². The summed E-state index contributed by atoms with van der Waals surface area (Å²) in [6.07, 6.45) is 1.88. The first-order valence-corrected chi connectivity index (χ1v) is 8.70. The molecule has 0 spiro atoms. The second-order valence-corrected chi connectivity index (χ2v) is 6.45. The van der Waals surface area contributed by atoms with E-state index in [1.165, 1.54) is 0 Å². The molecule has 1 aromatic rings. The van der Waals surface area contributed by atoms with Gasteiger partial charge in [0.25, 0.3) is 0 Å². The average Bonchev–Trinajstić information content (AvgIpc) is 2.99. The van der Waals surface area contributed by atoms with Gasteiger partial charge in [-0.1, -0.05) is 25.1 Å². The van der Waals surface area contributed by atoms with Crippen LogP contribution in [0.3, 0.4) is 0 Å². The molecule has 0 aromatic heterocycles. The average molecular weight is 317 g/mol. The Balaban J connectivity index is 1.58. The maximum atomic E-state index is 12.8. The van der Waals surface area contributed by atoms with E-state index < -0.39 is 0 Å².